The third-order valence-electron chi connectivity index (χ3n) is 3.58. The lowest BCUT2D eigenvalue weighted by Crippen LogP contribution is -2.54. The number of carboxylic acid groups (broad SMARTS) is 2. The minimum Gasteiger partial charge on any atom is -0.481 e. The first-order chi connectivity index (χ1) is 13.6. The average molecular weight is 414 g/mol. The molecule has 0 saturated heterocycles. The number of aliphatic hydroxyl groups is 1. The van der Waals surface area contributed by atoms with Gasteiger partial charge in [0.15, 0.2) is 0 Å². The molecule has 0 saturated carbocycles. The molecule has 1 heterocycles. The summed E-state index contributed by atoms with van der Waals surface area (Å²) in [5, 5.41) is 32.9. The highest BCUT2D eigenvalue weighted by atomic mass is 16.4. The van der Waals surface area contributed by atoms with Gasteiger partial charge in [-0.2, -0.15) is 0 Å². The van der Waals surface area contributed by atoms with E-state index in [0.717, 1.165) is 0 Å². The lowest BCUT2D eigenvalue weighted by molar-refractivity contribution is -0.142. The maximum absolute atomic E-state index is 12.4. The fourth-order valence-corrected chi connectivity index (χ4v) is 2.11. The number of amides is 3. The van der Waals surface area contributed by atoms with E-state index in [0.29, 0.717) is 5.69 Å². The monoisotopic (exact) mass is 414 g/mol. The number of imidazole rings is 1. The van der Waals surface area contributed by atoms with Gasteiger partial charge in [-0.1, -0.05) is 0 Å². The summed E-state index contributed by atoms with van der Waals surface area (Å²) in [5.41, 5.74) is 5.94. The fraction of sp³-hybridized carbons (Fsp3) is 0.467. The molecule has 0 aliphatic carbocycles. The summed E-state index contributed by atoms with van der Waals surface area (Å²) in [6, 6.07) is -4.15. The molecule has 0 bridgehead atoms. The van der Waals surface area contributed by atoms with Crippen LogP contribution in [0.1, 0.15) is 12.1 Å². The number of aliphatic hydroxyl groups excluding tert-OH is 1. The Labute approximate surface area is 163 Å². The lowest BCUT2D eigenvalue weighted by Gasteiger charge is -2.20. The number of hydrogen-bond acceptors (Lipinski definition) is 8. The fourth-order valence-electron chi connectivity index (χ4n) is 2.11. The van der Waals surface area contributed by atoms with Crippen molar-refractivity contribution < 1.29 is 39.3 Å². The highest BCUT2D eigenvalue weighted by Gasteiger charge is 2.26. The Kier molecular flexibility index (Phi) is 9.21. The van der Waals surface area contributed by atoms with E-state index < -0.39 is 67.4 Å². The predicted octanol–water partition coefficient (Wildman–Crippen LogP) is -4.08. The molecule has 1 aromatic rings. The van der Waals surface area contributed by atoms with Crippen LogP contribution in [0, 0.1) is 0 Å². The SMILES string of the molecule is NC(CC(=O)O)C(=O)NC(Cc1cnc[nH]1)C(=O)NCC(=O)NC(CO)C(=O)O. The highest BCUT2D eigenvalue weighted by Crippen LogP contribution is 2.00. The van der Waals surface area contributed by atoms with Gasteiger partial charge in [-0.15, -0.1) is 0 Å². The number of nitrogens with one attached hydrogen (secondary N) is 4. The van der Waals surface area contributed by atoms with Crippen molar-refractivity contribution in [3.05, 3.63) is 18.2 Å². The molecule has 3 unspecified atom stereocenters. The van der Waals surface area contributed by atoms with Crippen molar-refractivity contribution in [2.75, 3.05) is 13.2 Å². The second kappa shape index (κ2) is 11.4. The lowest BCUT2D eigenvalue weighted by atomic mass is 10.1. The predicted molar refractivity (Wildman–Crippen MR) is 94.1 cm³/mol. The number of carbonyl (C=O) groups is 5. The summed E-state index contributed by atoms with van der Waals surface area (Å²) >= 11 is 0. The second-order valence-corrected chi connectivity index (χ2v) is 5.91. The van der Waals surface area contributed by atoms with Crippen LogP contribution in [-0.4, -0.2) is 86.2 Å². The van der Waals surface area contributed by atoms with Gasteiger partial charge in [-0.25, -0.2) is 9.78 Å². The molecule has 0 spiro atoms. The number of H-pyrrole nitrogens is 1. The standard InChI is InChI=1S/C15H22N6O8/c16-8(2-12(24)25)13(26)21-9(1-7-3-17-6-19-7)14(27)18-4-11(23)20-10(5-22)15(28)29/h3,6,8-10,22H,1-2,4-5,16H2,(H,17,19)(H,18,27)(H,20,23)(H,21,26)(H,24,25)(H,28,29). The molecular formula is C15H22N6O8. The van der Waals surface area contributed by atoms with Crippen LogP contribution >= 0.6 is 0 Å². The Morgan fingerprint density at radius 2 is 1.79 bits per heavy atom. The van der Waals surface area contributed by atoms with E-state index in [-0.39, 0.29) is 6.42 Å². The van der Waals surface area contributed by atoms with E-state index in [9.17, 15) is 24.0 Å². The molecule has 1 rings (SSSR count). The van der Waals surface area contributed by atoms with Gasteiger partial charge in [0.25, 0.3) is 0 Å². The summed E-state index contributed by atoms with van der Waals surface area (Å²) in [5.74, 6) is -5.32. The highest BCUT2D eigenvalue weighted by molar-refractivity contribution is 5.93. The first-order valence-electron chi connectivity index (χ1n) is 8.29. The van der Waals surface area contributed by atoms with Crippen molar-refractivity contribution >= 4 is 29.7 Å². The van der Waals surface area contributed by atoms with Crippen LogP contribution in [0.25, 0.3) is 0 Å². The van der Waals surface area contributed by atoms with Gasteiger partial charge in [-0.05, 0) is 0 Å². The van der Waals surface area contributed by atoms with Crippen molar-refractivity contribution in [3.63, 3.8) is 0 Å². The minimum absolute atomic E-state index is 0.0621. The van der Waals surface area contributed by atoms with Crippen molar-refractivity contribution in [2.45, 2.75) is 31.0 Å². The number of carboxylic acids is 2. The van der Waals surface area contributed by atoms with Crippen LogP contribution in [0.3, 0.4) is 0 Å². The van der Waals surface area contributed by atoms with Crippen LogP contribution in [0.15, 0.2) is 12.5 Å². The third kappa shape index (κ3) is 8.35. The number of carbonyl (C=O) groups excluding carboxylic acids is 3. The van der Waals surface area contributed by atoms with Crippen LogP contribution in [0.2, 0.25) is 0 Å². The molecule has 3 amide bonds. The van der Waals surface area contributed by atoms with Crippen LogP contribution in [0.5, 0.6) is 0 Å². The number of aliphatic carboxylic acids is 2. The van der Waals surface area contributed by atoms with Crippen molar-refractivity contribution in [1.29, 1.82) is 0 Å². The van der Waals surface area contributed by atoms with Gasteiger partial charge >= 0.3 is 11.9 Å². The largest absolute Gasteiger partial charge is 0.481 e. The van der Waals surface area contributed by atoms with E-state index in [4.69, 9.17) is 21.1 Å². The second-order valence-electron chi connectivity index (χ2n) is 5.91. The van der Waals surface area contributed by atoms with Gasteiger partial charge in [0.05, 0.1) is 31.9 Å². The molecule has 0 aromatic carbocycles. The molecule has 29 heavy (non-hydrogen) atoms. The third-order valence-corrected chi connectivity index (χ3v) is 3.58. The summed E-state index contributed by atoms with van der Waals surface area (Å²) in [4.78, 5) is 64.1. The zero-order chi connectivity index (χ0) is 22.0. The normalized spacial score (nSPS) is 13.6. The van der Waals surface area contributed by atoms with Gasteiger partial charge in [0.1, 0.15) is 12.1 Å². The van der Waals surface area contributed by atoms with Gasteiger partial charge < -0.3 is 42.0 Å². The summed E-state index contributed by atoms with van der Waals surface area (Å²) < 4.78 is 0. The molecule has 14 heteroatoms. The quantitative estimate of drug-likeness (QED) is 0.164. The average Bonchev–Trinajstić information content (AvgIpc) is 3.15. The Morgan fingerprint density at radius 3 is 2.31 bits per heavy atom. The molecule has 0 aliphatic rings. The van der Waals surface area contributed by atoms with Gasteiger partial charge in [-0.3, -0.25) is 19.2 Å². The maximum Gasteiger partial charge on any atom is 0.328 e. The first kappa shape index (κ1) is 23.5. The zero-order valence-corrected chi connectivity index (χ0v) is 15.1. The van der Waals surface area contributed by atoms with E-state index in [1.54, 1.807) is 0 Å². The molecule has 160 valence electrons. The van der Waals surface area contributed by atoms with E-state index in [1.165, 1.54) is 12.5 Å². The molecular weight excluding hydrogens is 392 g/mol. The van der Waals surface area contributed by atoms with E-state index in [1.807, 2.05) is 5.32 Å². The van der Waals surface area contributed by atoms with E-state index >= 15 is 0 Å². The van der Waals surface area contributed by atoms with Crippen molar-refractivity contribution in [2.24, 2.45) is 5.73 Å². The molecule has 0 radical (unpaired) electrons. The smallest absolute Gasteiger partial charge is 0.328 e. The van der Waals surface area contributed by atoms with Crippen molar-refractivity contribution in [1.82, 2.24) is 25.9 Å². The topological polar surface area (TPSA) is 237 Å². The van der Waals surface area contributed by atoms with Gasteiger partial charge in [0.2, 0.25) is 17.7 Å². The maximum atomic E-state index is 12.4. The molecule has 9 N–H and O–H groups in total. The number of aromatic nitrogens is 2. The Balaban J connectivity index is 2.72. The molecule has 3 atom stereocenters. The van der Waals surface area contributed by atoms with E-state index in [2.05, 4.69) is 20.6 Å². The van der Waals surface area contributed by atoms with Crippen LogP contribution in [0.4, 0.5) is 0 Å². The summed E-state index contributed by atoms with van der Waals surface area (Å²) in [6.45, 7) is -1.46. The Hall–Kier alpha value is -3.52. The number of aromatic amines is 1. The molecule has 0 aliphatic heterocycles. The number of hydrogen-bond donors (Lipinski definition) is 8. The number of rotatable bonds is 12. The van der Waals surface area contributed by atoms with Gasteiger partial charge in [0, 0.05) is 18.3 Å². The van der Waals surface area contributed by atoms with Crippen LogP contribution < -0.4 is 21.7 Å². The Morgan fingerprint density at radius 1 is 1.10 bits per heavy atom. The Bertz CT molecular complexity index is 737. The first-order valence-corrected chi connectivity index (χ1v) is 8.29. The molecule has 14 nitrogen and oxygen atoms in total. The molecule has 0 fully saturated rings. The number of nitrogens with zero attached hydrogens (tertiary/aromatic N) is 1. The number of nitrogens with two attached hydrogens (primary N) is 1. The zero-order valence-electron chi connectivity index (χ0n) is 15.1. The minimum atomic E-state index is -1.53. The summed E-state index contributed by atoms with van der Waals surface area (Å²) in [6.07, 6.45) is 2.03. The van der Waals surface area contributed by atoms with Crippen molar-refractivity contribution in [3.8, 4) is 0 Å². The molecule has 1 aromatic heterocycles. The summed E-state index contributed by atoms with van der Waals surface area (Å²) in [7, 11) is 0. The van der Waals surface area contributed by atoms with Crippen LogP contribution in [-0.2, 0) is 30.4 Å².